The zero-order valence-corrected chi connectivity index (χ0v) is 20.4. The molecule has 1 N–H and O–H groups in total. The first-order valence-corrected chi connectivity index (χ1v) is 12.8. The van der Waals surface area contributed by atoms with Crippen LogP contribution in [0.2, 0.25) is 0 Å². The van der Waals surface area contributed by atoms with Gasteiger partial charge in [0.25, 0.3) is 0 Å². The molecule has 0 radical (unpaired) electrons. The summed E-state index contributed by atoms with van der Waals surface area (Å²) in [4.78, 5) is 17.5. The molecule has 0 bridgehead atoms. The van der Waals surface area contributed by atoms with Gasteiger partial charge in [0, 0.05) is 50.8 Å². The Labute approximate surface area is 197 Å². The van der Waals surface area contributed by atoms with Crippen LogP contribution in [0.15, 0.2) is 27.4 Å². The number of methoxy groups -OCH3 is 1. The van der Waals surface area contributed by atoms with E-state index in [0.717, 1.165) is 48.9 Å². The average molecular weight is 457 g/mol. The van der Waals surface area contributed by atoms with Gasteiger partial charge in [0.1, 0.15) is 11.3 Å². The van der Waals surface area contributed by atoms with E-state index in [1.54, 1.807) is 19.2 Å². The predicted molar refractivity (Wildman–Crippen MR) is 132 cm³/mol. The highest BCUT2D eigenvalue weighted by Crippen LogP contribution is 2.34. The van der Waals surface area contributed by atoms with Crippen molar-refractivity contribution in [1.82, 2.24) is 9.80 Å². The molecule has 2 fully saturated rings. The van der Waals surface area contributed by atoms with Gasteiger partial charge in [-0.2, -0.15) is 0 Å². The molecule has 6 nitrogen and oxygen atoms in total. The molecule has 0 saturated carbocycles. The molecule has 0 spiro atoms. The van der Waals surface area contributed by atoms with Crippen LogP contribution in [0, 0.1) is 5.92 Å². The van der Waals surface area contributed by atoms with Gasteiger partial charge >= 0.3 is 5.63 Å². The number of ether oxygens (including phenoxy) is 1. The lowest BCUT2D eigenvalue weighted by atomic mass is 9.83. The van der Waals surface area contributed by atoms with E-state index in [1.165, 1.54) is 45.2 Å². The van der Waals surface area contributed by atoms with Gasteiger partial charge in [-0.3, -0.25) is 4.90 Å². The molecule has 0 amide bonds. The zero-order chi connectivity index (χ0) is 23.2. The summed E-state index contributed by atoms with van der Waals surface area (Å²) in [5, 5.41) is 11.8. The monoisotopic (exact) mass is 456 g/mol. The number of aryl methyl sites for hydroxylation is 1. The average Bonchev–Trinajstić information content (AvgIpc) is 2.81. The maximum absolute atomic E-state index is 12.3. The van der Waals surface area contributed by atoms with E-state index < -0.39 is 0 Å². The zero-order valence-electron chi connectivity index (χ0n) is 20.4. The third-order valence-corrected chi connectivity index (χ3v) is 7.52. The lowest BCUT2D eigenvalue weighted by Gasteiger charge is -2.45. The molecule has 6 heteroatoms. The number of aromatic hydroxyl groups is 1. The van der Waals surface area contributed by atoms with Crippen molar-refractivity contribution in [2.24, 2.45) is 5.92 Å². The summed E-state index contributed by atoms with van der Waals surface area (Å²) in [6, 6.07) is 5.92. The quantitative estimate of drug-likeness (QED) is 0.418. The molecule has 3 heterocycles. The molecule has 182 valence electrons. The smallest absolute Gasteiger partial charge is 0.336 e. The molecular weight excluding hydrogens is 416 g/mol. The van der Waals surface area contributed by atoms with Crippen molar-refractivity contribution in [2.45, 2.75) is 70.9 Å². The highest BCUT2D eigenvalue weighted by Gasteiger charge is 2.34. The summed E-state index contributed by atoms with van der Waals surface area (Å²) >= 11 is 0. The molecule has 0 aliphatic carbocycles. The molecule has 4 rings (SSSR count). The van der Waals surface area contributed by atoms with Gasteiger partial charge in [0.05, 0.1) is 5.56 Å². The first-order valence-electron chi connectivity index (χ1n) is 12.8. The molecule has 2 aliphatic heterocycles. The molecule has 1 aromatic heterocycles. The van der Waals surface area contributed by atoms with E-state index >= 15 is 0 Å². The predicted octanol–water partition coefficient (Wildman–Crippen LogP) is 4.55. The Morgan fingerprint density at radius 2 is 2.06 bits per heavy atom. The van der Waals surface area contributed by atoms with Crippen LogP contribution in [0.25, 0.3) is 11.0 Å². The third-order valence-electron chi connectivity index (χ3n) is 7.52. The number of benzene rings is 1. The molecule has 2 aromatic rings. The fourth-order valence-corrected chi connectivity index (χ4v) is 5.98. The second-order valence-corrected chi connectivity index (χ2v) is 9.86. The molecule has 2 unspecified atom stereocenters. The largest absolute Gasteiger partial charge is 0.507 e. The topological polar surface area (TPSA) is 66.2 Å². The Kier molecular flexibility index (Phi) is 8.45. The third kappa shape index (κ3) is 5.79. The maximum atomic E-state index is 12.3. The number of hydrogen-bond acceptors (Lipinski definition) is 6. The Morgan fingerprint density at radius 3 is 2.88 bits per heavy atom. The Balaban J connectivity index is 1.62. The lowest BCUT2D eigenvalue weighted by molar-refractivity contribution is 0.0372. The second kappa shape index (κ2) is 11.5. The van der Waals surface area contributed by atoms with Crippen LogP contribution >= 0.6 is 0 Å². The van der Waals surface area contributed by atoms with E-state index in [-0.39, 0.29) is 11.4 Å². The molecule has 2 aliphatic rings. The van der Waals surface area contributed by atoms with Crippen LogP contribution in [-0.4, -0.2) is 60.8 Å². The summed E-state index contributed by atoms with van der Waals surface area (Å²) in [7, 11) is 1.74. The Hall–Kier alpha value is -1.89. The normalized spacial score (nSPS) is 21.5. The van der Waals surface area contributed by atoms with Crippen molar-refractivity contribution in [2.75, 3.05) is 39.9 Å². The molecule has 33 heavy (non-hydrogen) atoms. The fraction of sp³-hybridized carbons (Fsp3) is 0.667. The first-order chi connectivity index (χ1) is 16.1. The van der Waals surface area contributed by atoms with Crippen LogP contribution in [0.3, 0.4) is 0 Å². The van der Waals surface area contributed by atoms with Gasteiger partial charge in [-0.25, -0.2) is 4.79 Å². The van der Waals surface area contributed by atoms with Crippen molar-refractivity contribution in [3.05, 3.63) is 39.7 Å². The number of fused-ring (bicyclic) bond motifs is 2. The van der Waals surface area contributed by atoms with Gasteiger partial charge in [0.15, 0.2) is 0 Å². The van der Waals surface area contributed by atoms with Gasteiger partial charge < -0.3 is 19.2 Å². The van der Waals surface area contributed by atoms with Crippen LogP contribution in [0.5, 0.6) is 5.75 Å². The Morgan fingerprint density at radius 1 is 1.21 bits per heavy atom. The first kappa shape index (κ1) is 24.2. The van der Waals surface area contributed by atoms with Crippen LogP contribution in [-0.2, 0) is 17.7 Å². The van der Waals surface area contributed by atoms with Gasteiger partial charge in [-0.1, -0.05) is 19.8 Å². The standard InChI is InChI=1S/C27H40N2O4/c1-3-8-20-17-26(31)33-27-22(20)11-12-25(30)23(27)19-28(13-7-16-32-2)18-21-9-6-15-29-14-5-4-10-24(21)29/h11-12,17,21,24,30H,3-10,13-16,18-19H2,1-2H3. The highest BCUT2D eigenvalue weighted by atomic mass is 16.5. The molecular formula is C27H40N2O4. The molecule has 2 saturated heterocycles. The Bertz CT molecular complexity index is 970. The number of piperidine rings is 2. The molecule has 2 atom stereocenters. The summed E-state index contributed by atoms with van der Waals surface area (Å²) in [5.41, 5.74) is 1.94. The minimum absolute atomic E-state index is 0.207. The van der Waals surface area contributed by atoms with Crippen molar-refractivity contribution in [3.63, 3.8) is 0 Å². The second-order valence-electron chi connectivity index (χ2n) is 9.86. The maximum Gasteiger partial charge on any atom is 0.336 e. The number of rotatable bonds is 10. The van der Waals surface area contributed by atoms with Crippen molar-refractivity contribution in [3.8, 4) is 5.75 Å². The summed E-state index contributed by atoms with van der Waals surface area (Å²) < 4.78 is 11.0. The highest BCUT2D eigenvalue weighted by molar-refractivity contribution is 5.85. The van der Waals surface area contributed by atoms with Gasteiger partial charge in [-0.05, 0) is 75.2 Å². The number of phenolic OH excluding ortho intramolecular Hbond substituents is 1. The number of phenols is 1. The summed E-state index contributed by atoms with van der Waals surface area (Å²) in [5.74, 6) is 0.848. The van der Waals surface area contributed by atoms with Gasteiger partial charge in [0.2, 0.25) is 0 Å². The van der Waals surface area contributed by atoms with Crippen molar-refractivity contribution >= 4 is 11.0 Å². The van der Waals surface area contributed by atoms with Gasteiger partial charge in [-0.15, -0.1) is 0 Å². The fourth-order valence-electron chi connectivity index (χ4n) is 5.98. The SMILES string of the molecule is CCCc1cc(=O)oc2c(CN(CCCOC)CC3CCCN4CCCCC34)c(O)ccc12. The van der Waals surface area contributed by atoms with Crippen molar-refractivity contribution < 1.29 is 14.3 Å². The summed E-state index contributed by atoms with van der Waals surface area (Å²) in [6.45, 7) is 7.77. The minimum Gasteiger partial charge on any atom is -0.507 e. The molecule has 1 aromatic carbocycles. The van der Waals surface area contributed by atoms with E-state index in [4.69, 9.17) is 9.15 Å². The summed E-state index contributed by atoms with van der Waals surface area (Å²) in [6.07, 6.45) is 9.20. The van der Waals surface area contributed by atoms with E-state index in [0.29, 0.717) is 30.7 Å². The number of nitrogens with zero attached hydrogens (tertiary/aromatic N) is 2. The number of hydrogen-bond donors (Lipinski definition) is 1. The minimum atomic E-state index is -0.339. The van der Waals surface area contributed by atoms with Crippen LogP contribution in [0.4, 0.5) is 0 Å². The van der Waals surface area contributed by atoms with E-state index in [9.17, 15) is 9.90 Å². The van der Waals surface area contributed by atoms with E-state index in [2.05, 4.69) is 16.7 Å². The van der Waals surface area contributed by atoms with Crippen LogP contribution < -0.4 is 5.63 Å². The van der Waals surface area contributed by atoms with Crippen molar-refractivity contribution in [1.29, 1.82) is 0 Å². The van der Waals surface area contributed by atoms with Crippen LogP contribution in [0.1, 0.15) is 63.0 Å². The lowest BCUT2D eigenvalue weighted by Crippen LogP contribution is -2.51. The van der Waals surface area contributed by atoms with E-state index in [1.807, 2.05) is 6.07 Å².